The van der Waals surface area contributed by atoms with Crippen LogP contribution >= 0.6 is 0 Å². The monoisotopic (exact) mass is 232 g/mol. The largest absolute Gasteiger partial charge is 0.270 e. The highest BCUT2D eigenvalue weighted by Crippen LogP contribution is 2.24. The van der Waals surface area contributed by atoms with Crippen LogP contribution < -0.4 is 0 Å². The van der Waals surface area contributed by atoms with Gasteiger partial charge in [-0.2, -0.15) is 5.10 Å². The van der Waals surface area contributed by atoms with Gasteiger partial charge >= 0.3 is 0 Å². The van der Waals surface area contributed by atoms with E-state index < -0.39 is 0 Å². The predicted molar refractivity (Wildman–Crippen MR) is 65.7 cm³/mol. The molecule has 0 amide bonds. The molecule has 0 saturated heterocycles. The summed E-state index contributed by atoms with van der Waals surface area (Å²) in [6.07, 6.45) is 0. The SMILES string of the molecule is C[C](C)Cn1nc(C)c2cc([N+](=O)[O-])ccc21. The Bertz CT molecular complexity index is 572. The molecule has 5 nitrogen and oxygen atoms in total. The van der Waals surface area contributed by atoms with E-state index >= 15 is 0 Å². The number of benzene rings is 1. The van der Waals surface area contributed by atoms with Crippen LogP contribution in [0.3, 0.4) is 0 Å². The number of nitro benzene ring substituents is 1. The topological polar surface area (TPSA) is 61.0 Å². The van der Waals surface area contributed by atoms with Crippen molar-refractivity contribution in [2.75, 3.05) is 0 Å². The smallest absolute Gasteiger partial charge is 0.264 e. The summed E-state index contributed by atoms with van der Waals surface area (Å²) in [7, 11) is 0. The molecule has 0 aliphatic carbocycles. The van der Waals surface area contributed by atoms with Gasteiger partial charge < -0.3 is 0 Å². The van der Waals surface area contributed by atoms with Crippen LogP contribution in [0, 0.1) is 23.0 Å². The fourth-order valence-electron chi connectivity index (χ4n) is 1.86. The number of nitrogens with zero attached hydrogens (tertiary/aromatic N) is 3. The molecule has 0 atom stereocenters. The summed E-state index contributed by atoms with van der Waals surface area (Å²) < 4.78 is 1.88. The van der Waals surface area contributed by atoms with Crippen molar-refractivity contribution in [2.45, 2.75) is 27.3 Å². The Labute approximate surface area is 99.2 Å². The van der Waals surface area contributed by atoms with E-state index in [1.165, 1.54) is 12.0 Å². The van der Waals surface area contributed by atoms with Crippen LogP contribution in [0.15, 0.2) is 18.2 Å². The average molecular weight is 232 g/mol. The molecule has 17 heavy (non-hydrogen) atoms. The minimum atomic E-state index is -0.382. The van der Waals surface area contributed by atoms with Gasteiger partial charge in [-0.1, -0.05) is 13.8 Å². The van der Waals surface area contributed by atoms with Crippen molar-refractivity contribution in [3.8, 4) is 0 Å². The molecule has 0 N–H and O–H groups in total. The Morgan fingerprint density at radius 3 is 2.76 bits per heavy atom. The number of fused-ring (bicyclic) bond motifs is 1. The Morgan fingerprint density at radius 1 is 1.47 bits per heavy atom. The molecule has 0 fully saturated rings. The lowest BCUT2D eigenvalue weighted by molar-refractivity contribution is -0.384. The first-order valence-electron chi connectivity index (χ1n) is 5.39. The minimum Gasteiger partial charge on any atom is -0.264 e. The van der Waals surface area contributed by atoms with E-state index in [0.717, 1.165) is 23.1 Å². The molecule has 0 unspecified atom stereocenters. The summed E-state index contributed by atoms with van der Waals surface area (Å²) in [6.45, 7) is 6.68. The maximum Gasteiger partial charge on any atom is 0.270 e. The lowest BCUT2D eigenvalue weighted by Crippen LogP contribution is -2.04. The molecule has 1 radical (unpaired) electrons. The van der Waals surface area contributed by atoms with Gasteiger partial charge in [0.05, 0.1) is 16.1 Å². The van der Waals surface area contributed by atoms with Gasteiger partial charge in [-0.15, -0.1) is 0 Å². The number of nitro groups is 1. The molecule has 1 aromatic carbocycles. The number of aryl methyl sites for hydroxylation is 1. The number of non-ortho nitro benzene ring substituents is 1. The van der Waals surface area contributed by atoms with Gasteiger partial charge in [0, 0.05) is 24.1 Å². The number of hydrogen-bond acceptors (Lipinski definition) is 3. The molecule has 0 aliphatic rings. The Morgan fingerprint density at radius 2 is 2.18 bits per heavy atom. The first kappa shape index (κ1) is 11.6. The first-order chi connectivity index (χ1) is 7.99. The Kier molecular flexibility index (Phi) is 2.83. The van der Waals surface area contributed by atoms with Crippen LogP contribution in [0.1, 0.15) is 19.5 Å². The lowest BCUT2D eigenvalue weighted by Gasteiger charge is -2.05. The second-order valence-electron chi connectivity index (χ2n) is 4.41. The third kappa shape index (κ3) is 2.13. The van der Waals surface area contributed by atoms with E-state index in [1.54, 1.807) is 12.1 Å². The highest BCUT2D eigenvalue weighted by Gasteiger charge is 2.13. The van der Waals surface area contributed by atoms with E-state index in [4.69, 9.17) is 0 Å². The molecule has 2 rings (SSSR count). The van der Waals surface area contributed by atoms with E-state index in [2.05, 4.69) is 5.10 Å². The van der Waals surface area contributed by atoms with Crippen molar-refractivity contribution in [3.05, 3.63) is 39.9 Å². The van der Waals surface area contributed by atoms with Gasteiger partial charge in [-0.3, -0.25) is 14.8 Å². The van der Waals surface area contributed by atoms with Crippen LogP contribution in [-0.2, 0) is 6.54 Å². The second-order valence-corrected chi connectivity index (χ2v) is 4.41. The molecule has 89 valence electrons. The summed E-state index contributed by atoms with van der Waals surface area (Å²) in [5.74, 6) is 1.24. The molecular formula is C12H14N3O2. The van der Waals surface area contributed by atoms with Crippen molar-refractivity contribution in [1.82, 2.24) is 9.78 Å². The summed E-state index contributed by atoms with van der Waals surface area (Å²) >= 11 is 0. The summed E-state index contributed by atoms with van der Waals surface area (Å²) in [4.78, 5) is 10.3. The fraction of sp³-hybridized carbons (Fsp3) is 0.333. The van der Waals surface area contributed by atoms with Crippen molar-refractivity contribution in [3.63, 3.8) is 0 Å². The van der Waals surface area contributed by atoms with Crippen molar-refractivity contribution < 1.29 is 4.92 Å². The zero-order chi connectivity index (χ0) is 12.6. The number of rotatable bonds is 3. The Balaban J connectivity index is 2.57. The third-order valence-corrected chi connectivity index (χ3v) is 2.60. The van der Waals surface area contributed by atoms with Gasteiger partial charge in [0.15, 0.2) is 0 Å². The number of hydrogen-bond donors (Lipinski definition) is 0. The average Bonchev–Trinajstić information content (AvgIpc) is 2.54. The summed E-state index contributed by atoms with van der Waals surface area (Å²) in [6, 6.07) is 4.86. The maximum atomic E-state index is 10.7. The molecule has 0 saturated carbocycles. The van der Waals surface area contributed by atoms with E-state index in [-0.39, 0.29) is 10.6 Å². The molecule has 1 heterocycles. The number of aromatic nitrogens is 2. The molecule has 0 bridgehead atoms. The molecule has 5 heteroatoms. The van der Waals surface area contributed by atoms with Gasteiger partial charge in [0.25, 0.3) is 5.69 Å². The van der Waals surface area contributed by atoms with E-state index in [0.29, 0.717) is 0 Å². The van der Waals surface area contributed by atoms with Crippen molar-refractivity contribution in [1.29, 1.82) is 0 Å². The summed E-state index contributed by atoms with van der Waals surface area (Å²) in [5, 5.41) is 16.0. The van der Waals surface area contributed by atoms with Crippen molar-refractivity contribution >= 4 is 16.6 Å². The molecular weight excluding hydrogens is 218 g/mol. The van der Waals surface area contributed by atoms with Crippen molar-refractivity contribution in [2.24, 2.45) is 0 Å². The van der Waals surface area contributed by atoms with E-state index in [9.17, 15) is 10.1 Å². The van der Waals surface area contributed by atoms with Crippen LogP contribution in [0.5, 0.6) is 0 Å². The van der Waals surface area contributed by atoms with Crippen LogP contribution in [0.25, 0.3) is 10.9 Å². The zero-order valence-electron chi connectivity index (χ0n) is 10.1. The normalized spacial score (nSPS) is 11.3. The van der Waals surface area contributed by atoms with Gasteiger partial charge in [0.2, 0.25) is 0 Å². The van der Waals surface area contributed by atoms with Gasteiger partial charge in [0.1, 0.15) is 0 Å². The van der Waals surface area contributed by atoms with Crippen LogP contribution in [-0.4, -0.2) is 14.7 Å². The third-order valence-electron chi connectivity index (χ3n) is 2.60. The van der Waals surface area contributed by atoms with Crippen LogP contribution in [0.2, 0.25) is 0 Å². The van der Waals surface area contributed by atoms with Crippen LogP contribution in [0.4, 0.5) is 5.69 Å². The fourth-order valence-corrected chi connectivity index (χ4v) is 1.86. The second kappa shape index (κ2) is 4.16. The highest BCUT2D eigenvalue weighted by molar-refractivity contribution is 5.84. The quantitative estimate of drug-likeness (QED) is 0.603. The molecule has 2 aromatic rings. The van der Waals surface area contributed by atoms with Gasteiger partial charge in [-0.05, 0) is 18.9 Å². The van der Waals surface area contributed by atoms with E-state index in [1.807, 2.05) is 25.5 Å². The zero-order valence-corrected chi connectivity index (χ0v) is 10.1. The summed E-state index contributed by atoms with van der Waals surface area (Å²) in [5.41, 5.74) is 1.87. The molecule has 1 aromatic heterocycles. The first-order valence-corrected chi connectivity index (χ1v) is 5.39. The Hall–Kier alpha value is -1.91. The standard InChI is InChI=1S/C12H14N3O2/c1-8(2)7-14-12-5-4-10(15(16)17)6-11(12)9(3)13-14/h4-6H,7H2,1-3H3. The maximum absolute atomic E-state index is 10.7. The lowest BCUT2D eigenvalue weighted by atomic mass is 10.2. The highest BCUT2D eigenvalue weighted by atomic mass is 16.6. The predicted octanol–water partition coefficient (Wildman–Crippen LogP) is 2.87. The van der Waals surface area contributed by atoms with Gasteiger partial charge in [-0.25, -0.2) is 0 Å². The molecule has 0 spiro atoms. The molecule has 0 aliphatic heterocycles. The minimum absolute atomic E-state index is 0.109.